The first-order valence-electron chi connectivity index (χ1n) is 9.08. The van der Waals surface area contributed by atoms with E-state index in [1.807, 2.05) is 6.07 Å². The molecule has 0 saturated heterocycles. The Morgan fingerprint density at radius 1 is 1.18 bits per heavy atom. The fourth-order valence-corrected chi connectivity index (χ4v) is 3.45. The lowest BCUT2D eigenvalue weighted by molar-refractivity contribution is -0.121. The Balaban J connectivity index is 1.95. The summed E-state index contributed by atoms with van der Waals surface area (Å²) in [7, 11) is 1.66. The van der Waals surface area contributed by atoms with Crippen LogP contribution in [0.3, 0.4) is 0 Å². The van der Waals surface area contributed by atoms with Gasteiger partial charge in [-0.05, 0) is 35.7 Å². The van der Waals surface area contributed by atoms with Crippen LogP contribution in [-0.4, -0.2) is 26.6 Å². The number of carbonyl (C=O) groups excluding carboxylic acids is 1. The number of benzene rings is 1. The summed E-state index contributed by atoms with van der Waals surface area (Å²) in [6, 6.07) is 7.07. The third-order valence-electron chi connectivity index (χ3n) is 4.82. The van der Waals surface area contributed by atoms with Crippen molar-refractivity contribution in [3.05, 3.63) is 51.0 Å². The highest BCUT2D eigenvalue weighted by Crippen LogP contribution is 2.28. The van der Waals surface area contributed by atoms with Crippen molar-refractivity contribution in [3.63, 3.8) is 0 Å². The number of halogens is 2. The molecule has 1 unspecified atom stereocenters. The van der Waals surface area contributed by atoms with Crippen LogP contribution in [0.5, 0.6) is 0 Å². The molecule has 0 aliphatic carbocycles. The molecule has 0 radical (unpaired) electrons. The maximum absolute atomic E-state index is 12.6. The molecule has 3 rings (SSSR count). The van der Waals surface area contributed by atoms with E-state index in [4.69, 9.17) is 23.2 Å². The largest absolute Gasteiger partial charge is 0.354 e. The first kappa shape index (κ1) is 20.4. The highest BCUT2D eigenvalue weighted by Gasteiger charge is 2.16. The minimum Gasteiger partial charge on any atom is -0.354 e. The summed E-state index contributed by atoms with van der Waals surface area (Å²) in [5, 5.41) is 3.91. The highest BCUT2D eigenvalue weighted by atomic mass is 35.5. The molecule has 148 valence electrons. The summed E-state index contributed by atoms with van der Waals surface area (Å²) < 4.78 is 2.87. The van der Waals surface area contributed by atoms with Gasteiger partial charge >= 0.3 is 5.69 Å². The lowest BCUT2D eigenvalue weighted by Gasteiger charge is -2.10. The van der Waals surface area contributed by atoms with Crippen molar-refractivity contribution in [3.8, 4) is 11.1 Å². The number of imidazole rings is 1. The first-order chi connectivity index (χ1) is 13.3. The number of pyridine rings is 1. The SMILES string of the molecule is CCC(C)CNC(=O)Cn1c(=O)n(C)c2cc(-c3cc(Cl)cc(Cl)c3)cnc21. The number of rotatable bonds is 6. The molecule has 0 aliphatic heterocycles. The minimum atomic E-state index is -0.289. The molecule has 1 amide bonds. The maximum Gasteiger partial charge on any atom is 0.330 e. The van der Waals surface area contributed by atoms with E-state index in [0.717, 1.165) is 17.5 Å². The molecule has 0 fully saturated rings. The molecule has 0 spiro atoms. The lowest BCUT2D eigenvalue weighted by Crippen LogP contribution is -2.34. The van der Waals surface area contributed by atoms with Crippen LogP contribution >= 0.6 is 23.2 Å². The summed E-state index contributed by atoms with van der Waals surface area (Å²) in [6.07, 6.45) is 2.63. The smallest absolute Gasteiger partial charge is 0.330 e. The number of amides is 1. The zero-order valence-electron chi connectivity index (χ0n) is 16.0. The molecular formula is C20H22Cl2N4O2. The third-order valence-corrected chi connectivity index (χ3v) is 5.26. The number of carbonyl (C=O) groups is 1. The minimum absolute atomic E-state index is 0.0675. The molecular weight excluding hydrogens is 399 g/mol. The van der Waals surface area contributed by atoms with Crippen molar-refractivity contribution in [2.75, 3.05) is 6.54 Å². The van der Waals surface area contributed by atoms with Crippen molar-refractivity contribution in [1.29, 1.82) is 0 Å². The topological polar surface area (TPSA) is 68.9 Å². The molecule has 1 N–H and O–H groups in total. The second-order valence-electron chi connectivity index (χ2n) is 6.97. The predicted octanol–water partition coefficient (Wildman–Crippen LogP) is 3.87. The Morgan fingerprint density at radius 2 is 1.86 bits per heavy atom. The van der Waals surface area contributed by atoms with Gasteiger partial charge in [-0.1, -0.05) is 43.5 Å². The molecule has 28 heavy (non-hydrogen) atoms. The molecule has 6 nitrogen and oxygen atoms in total. The Bertz CT molecular complexity index is 1070. The quantitative estimate of drug-likeness (QED) is 0.657. The fourth-order valence-electron chi connectivity index (χ4n) is 2.93. The third kappa shape index (κ3) is 4.23. The van der Waals surface area contributed by atoms with Gasteiger partial charge in [-0.2, -0.15) is 0 Å². The number of aromatic nitrogens is 3. The Hall–Kier alpha value is -2.31. The Morgan fingerprint density at radius 3 is 2.50 bits per heavy atom. The van der Waals surface area contributed by atoms with Gasteiger partial charge in [0.15, 0.2) is 5.65 Å². The van der Waals surface area contributed by atoms with Gasteiger partial charge in [-0.25, -0.2) is 9.78 Å². The van der Waals surface area contributed by atoms with Crippen molar-refractivity contribution < 1.29 is 4.79 Å². The number of hydrogen-bond acceptors (Lipinski definition) is 3. The van der Waals surface area contributed by atoms with Gasteiger partial charge in [0.05, 0.1) is 5.52 Å². The molecule has 8 heteroatoms. The number of hydrogen-bond donors (Lipinski definition) is 1. The van der Waals surface area contributed by atoms with Gasteiger partial charge in [0, 0.05) is 35.4 Å². The van der Waals surface area contributed by atoms with E-state index in [9.17, 15) is 9.59 Å². The number of fused-ring (bicyclic) bond motifs is 1. The van der Waals surface area contributed by atoms with Gasteiger partial charge in [-0.15, -0.1) is 0 Å². The van der Waals surface area contributed by atoms with Crippen molar-refractivity contribution >= 4 is 40.3 Å². The van der Waals surface area contributed by atoms with Crippen molar-refractivity contribution in [2.45, 2.75) is 26.8 Å². The number of nitrogens with zero attached hydrogens (tertiary/aromatic N) is 3. The zero-order valence-corrected chi connectivity index (χ0v) is 17.5. The fraction of sp³-hybridized carbons (Fsp3) is 0.350. The second kappa shape index (κ2) is 8.37. The number of nitrogens with one attached hydrogen (secondary N) is 1. The van der Waals surface area contributed by atoms with Crippen LogP contribution in [-0.2, 0) is 18.4 Å². The van der Waals surface area contributed by atoms with Gasteiger partial charge in [0.25, 0.3) is 0 Å². The van der Waals surface area contributed by atoms with Crippen LogP contribution in [0.4, 0.5) is 0 Å². The van der Waals surface area contributed by atoms with E-state index in [-0.39, 0.29) is 18.1 Å². The molecule has 2 heterocycles. The van der Waals surface area contributed by atoms with Gasteiger partial charge in [-0.3, -0.25) is 13.9 Å². The molecule has 1 aromatic carbocycles. The standard InChI is InChI=1S/C20H22Cl2N4O2/c1-4-12(2)9-23-18(27)11-26-19-17(25(3)20(26)28)7-14(10-24-19)13-5-15(21)8-16(22)6-13/h5-8,10,12H,4,9,11H2,1-3H3,(H,23,27). The average Bonchev–Trinajstić information content (AvgIpc) is 2.89. The molecule has 2 aromatic heterocycles. The van der Waals surface area contributed by atoms with Crippen molar-refractivity contribution in [1.82, 2.24) is 19.4 Å². The second-order valence-corrected chi connectivity index (χ2v) is 7.84. The van der Waals surface area contributed by atoms with Crippen LogP contribution in [0.15, 0.2) is 35.3 Å². The van der Waals surface area contributed by atoms with E-state index >= 15 is 0 Å². The van der Waals surface area contributed by atoms with Crippen LogP contribution in [0.1, 0.15) is 20.3 Å². The summed E-state index contributed by atoms with van der Waals surface area (Å²) in [5.41, 5.74) is 2.39. The molecule has 0 bridgehead atoms. The summed E-state index contributed by atoms with van der Waals surface area (Å²) >= 11 is 12.2. The molecule has 3 aromatic rings. The van der Waals surface area contributed by atoms with E-state index in [1.54, 1.807) is 31.4 Å². The van der Waals surface area contributed by atoms with E-state index in [1.165, 1.54) is 9.13 Å². The van der Waals surface area contributed by atoms with E-state index in [2.05, 4.69) is 24.1 Å². The van der Waals surface area contributed by atoms with E-state index < -0.39 is 0 Å². The Labute approximate surface area is 173 Å². The summed E-state index contributed by atoms with van der Waals surface area (Å²) in [6.45, 7) is 4.65. The Kier molecular flexibility index (Phi) is 6.10. The summed E-state index contributed by atoms with van der Waals surface area (Å²) in [4.78, 5) is 29.3. The first-order valence-corrected chi connectivity index (χ1v) is 9.84. The van der Waals surface area contributed by atoms with E-state index in [0.29, 0.717) is 33.7 Å². The zero-order chi connectivity index (χ0) is 20.4. The van der Waals surface area contributed by atoms with Gasteiger partial charge in [0.2, 0.25) is 5.91 Å². The van der Waals surface area contributed by atoms with Crippen LogP contribution < -0.4 is 11.0 Å². The average molecular weight is 421 g/mol. The monoisotopic (exact) mass is 420 g/mol. The number of aryl methyl sites for hydroxylation is 1. The lowest BCUT2D eigenvalue weighted by atomic mass is 10.1. The van der Waals surface area contributed by atoms with Crippen LogP contribution in [0.2, 0.25) is 10.0 Å². The molecule has 0 aliphatic rings. The molecule has 0 saturated carbocycles. The molecule has 1 atom stereocenters. The van der Waals surface area contributed by atoms with Gasteiger partial charge < -0.3 is 5.32 Å². The highest BCUT2D eigenvalue weighted by molar-refractivity contribution is 6.35. The normalized spacial score (nSPS) is 12.3. The summed E-state index contributed by atoms with van der Waals surface area (Å²) in [5.74, 6) is 0.181. The van der Waals surface area contributed by atoms with Gasteiger partial charge in [0.1, 0.15) is 6.54 Å². The van der Waals surface area contributed by atoms with Crippen molar-refractivity contribution in [2.24, 2.45) is 13.0 Å². The maximum atomic E-state index is 12.6. The van der Waals surface area contributed by atoms with Crippen LogP contribution in [0, 0.1) is 5.92 Å². The van der Waals surface area contributed by atoms with Crippen LogP contribution in [0.25, 0.3) is 22.3 Å². The predicted molar refractivity (Wildman–Crippen MR) is 113 cm³/mol.